The van der Waals surface area contributed by atoms with Gasteiger partial charge in [0.2, 0.25) is 5.91 Å². The largest absolute Gasteiger partial charge is 0.497 e. The maximum Gasteiger partial charge on any atom is 0.413 e. The molecule has 1 heterocycles. The summed E-state index contributed by atoms with van der Waals surface area (Å²) in [4.78, 5) is 42.9. The normalized spacial score (nSPS) is 14.3. The van der Waals surface area contributed by atoms with Crippen molar-refractivity contribution in [2.75, 3.05) is 24.4 Å². The van der Waals surface area contributed by atoms with Crippen molar-refractivity contribution in [3.63, 3.8) is 0 Å². The number of nitrogens with zero attached hydrogens (tertiary/aromatic N) is 2. The fraction of sp³-hybridized carbons (Fsp3) is 0.250. The Hall–Kier alpha value is -3.59. The van der Waals surface area contributed by atoms with Gasteiger partial charge in [0, 0.05) is 0 Å². The summed E-state index contributed by atoms with van der Waals surface area (Å²) in [5, 5.41) is 2.50. The summed E-state index contributed by atoms with van der Waals surface area (Å²) in [6.07, 6.45) is 0.878. The third-order valence-corrected chi connectivity index (χ3v) is 5.50. The predicted octanol–water partition coefficient (Wildman–Crippen LogP) is 4.06. The van der Waals surface area contributed by atoms with Crippen LogP contribution in [0, 0.1) is 13.8 Å². The Balaban J connectivity index is 1.88. The van der Waals surface area contributed by atoms with E-state index in [2.05, 4.69) is 10.3 Å². The van der Waals surface area contributed by atoms with Crippen molar-refractivity contribution in [3.05, 3.63) is 64.9 Å². The van der Waals surface area contributed by atoms with Crippen LogP contribution < -0.4 is 15.0 Å². The Morgan fingerprint density at radius 1 is 1.12 bits per heavy atom. The van der Waals surface area contributed by atoms with Crippen molar-refractivity contribution >= 4 is 46.6 Å². The molecule has 0 fully saturated rings. The fourth-order valence-corrected chi connectivity index (χ4v) is 4.02. The number of thioether (sulfide) groups is 1. The highest BCUT2D eigenvalue weighted by Crippen LogP contribution is 2.31. The Morgan fingerprint density at radius 3 is 2.39 bits per heavy atom. The number of imide groups is 1. The molecule has 0 saturated carbocycles. The molecule has 1 aliphatic rings. The van der Waals surface area contributed by atoms with Gasteiger partial charge in [0.15, 0.2) is 5.17 Å². The van der Waals surface area contributed by atoms with Gasteiger partial charge in [-0.2, -0.15) is 0 Å². The minimum absolute atomic E-state index is 0.109. The van der Waals surface area contributed by atoms with Gasteiger partial charge in [-0.05, 0) is 67.8 Å². The molecule has 8 nitrogen and oxygen atoms in total. The first-order valence-electron chi connectivity index (χ1n) is 10.3. The van der Waals surface area contributed by atoms with Crippen molar-refractivity contribution in [2.45, 2.75) is 20.8 Å². The molecule has 2 aromatic rings. The van der Waals surface area contributed by atoms with Crippen molar-refractivity contribution in [1.82, 2.24) is 5.32 Å². The van der Waals surface area contributed by atoms with Gasteiger partial charge in [-0.25, -0.2) is 9.79 Å². The van der Waals surface area contributed by atoms with E-state index in [9.17, 15) is 14.4 Å². The fourth-order valence-electron chi connectivity index (χ4n) is 3.21. The van der Waals surface area contributed by atoms with E-state index in [0.717, 1.165) is 28.5 Å². The molecule has 0 aromatic heterocycles. The van der Waals surface area contributed by atoms with Crippen LogP contribution in [0.1, 0.15) is 23.6 Å². The number of rotatable bonds is 6. The van der Waals surface area contributed by atoms with Crippen molar-refractivity contribution in [1.29, 1.82) is 0 Å². The van der Waals surface area contributed by atoms with Gasteiger partial charge in [0.1, 0.15) is 11.4 Å². The molecule has 33 heavy (non-hydrogen) atoms. The van der Waals surface area contributed by atoms with E-state index in [1.54, 1.807) is 32.2 Å². The highest BCUT2D eigenvalue weighted by molar-refractivity contribution is 8.14. The SMILES string of the molecule is CCOC(=O)NC(=O)CSC1=N/C(=C\c2ccc(OC)cc2)C(=O)N1c1cc(C)cc(C)c1. The van der Waals surface area contributed by atoms with E-state index < -0.39 is 12.0 Å². The standard InChI is InChI=1S/C24H25N3O5S/c1-5-32-24(30)26-21(28)14-33-23-25-20(13-17-6-8-19(31-4)9-7-17)22(29)27(23)18-11-15(2)10-16(3)12-18/h6-13H,5,14H2,1-4H3,(H,26,28,30)/b20-13-. The zero-order valence-corrected chi connectivity index (χ0v) is 19.7. The van der Waals surface area contributed by atoms with Crippen LogP contribution in [0.5, 0.6) is 5.75 Å². The first kappa shape index (κ1) is 24.1. The molecule has 172 valence electrons. The number of benzene rings is 2. The van der Waals surface area contributed by atoms with Crippen molar-refractivity contribution in [3.8, 4) is 5.75 Å². The second kappa shape index (κ2) is 10.8. The van der Waals surface area contributed by atoms with Gasteiger partial charge < -0.3 is 9.47 Å². The van der Waals surface area contributed by atoms with Crippen molar-refractivity contribution in [2.24, 2.45) is 4.99 Å². The predicted molar refractivity (Wildman–Crippen MR) is 129 cm³/mol. The monoisotopic (exact) mass is 467 g/mol. The number of amides is 3. The summed E-state index contributed by atoms with van der Waals surface area (Å²) in [5.74, 6) is -0.244. The Kier molecular flexibility index (Phi) is 7.89. The third-order valence-electron chi connectivity index (χ3n) is 4.56. The average molecular weight is 468 g/mol. The van der Waals surface area contributed by atoms with Crippen LogP contribution in [-0.2, 0) is 14.3 Å². The van der Waals surface area contributed by atoms with E-state index in [1.807, 2.05) is 44.2 Å². The Bertz CT molecular complexity index is 1110. The molecule has 1 aliphatic heterocycles. The van der Waals surface area contributed by atoms with Crippen LogP contribution in [0.2, 0.25) is 0 Å². The molecular formula is C24H25N3O5S. The number of aryl methyl sites for hydroxylation is 2. The molecule has 1 N–H and O–H groups in total. The number of alkyl carbamates (subject to hydrolysis) is 1. The quantitative estimate of drug-likeness (QED) is 0.644. The van der Waals surface area contributed by atoms with Crippen LogP contribution in [0.3, 0.4) is 0 Å². The minimum Gasteiger partial charge on any atom is -0.497 e. The number of ether oxygens (including phenoxy) is 2. The molecule has 9 heteroatoms. The number of amidine groups is 1. The van der Waals surface area contributed by atoms with E-state index >= 15 is 0 Å². The zero-order chi connectivity index (χ0) is 24.0. The molecule has 0 saturated heterocycles. The number of nitrogens with one attached hydrogen (secondary N) is 1. The maximum atomic E-state index is 13.3. The zero-order valence-electron chi connectivity index (χ0n) is 18.9. The topological polar surface area (TPSA) is 97.3 Å². The molecular weight excluding hydrogens is 442 g/mol. The number of anilines is 1. The smallest absolute Gasteiger partial charge is 0.413 e. The molecule has 0 atom stereocenters. The summed E-state index contributed by atoms with van der Waals surface area (Å²) in [5.41, 5.74) is 3.68. The first-order chi connectivity index (χ1) is 15.8. The number of carbonyl (C=O) groups excluding carboxylic acids is 3. The molecule has 2 aromatic carbocycles. The molecule has 3 rings (SSSR count). The maximum absolute atomic E-state index is 13.3. The molecule has 0 spiro atoms. The minimum atomic E-state index is -0.807. The Labute approximate surface area is 196 Å². The number of hydrogen-bond donors (Lipinski definition) is 1. The van der Waals surface area contributed by atoms with Crippen molar-refractivity contribution < 1.29 is 23.9 Å². The van der Waals surface area contributed by atoms with Gasteiger partial charge in [0.05, 0.1) is 25.2 Å². The summed E-state index contributed by atoms with van der Waals surface area (Å²) < 4.78 is 9.90. The summed E-state index contributed by atoms with van der Waals surface area (Å²) in [6.45, 7) is 5.70. The van der Waals surface area contributed by atoms with E-state index in [-0.39, 0.29) is 24.0 Å². The third kappa shape index (κ3) is 6.23. The lowest BCUT2D eigenvalue weighted by Gasteiger charge is -2.19. The Morgan fingerprint density at radius 2 is 1.79 bits per heavy atom. The molecule has 3 amide bonds. The van der Waals surface area contributed by atoms with Crippen LogP contribution in [0.25, 0.3) is 6.08 Å². The van der Waals surface area contributed by atoms with E-state index in [0.29, 0.717) is 16.6 Å². The number of hydrogen-bond acceptors (Lipinski definition) is 7. The lowest BCUT2D eigenvalue weighted by atomic mass is 10.1. The van der Waals surface area contributed by atoms with Gasteiger partial charge in [0.25, 0.3) is 5.91 Å². The molecule has 0 aliphatic carbocycles. The van der Waals surface area contributed by atoms with Crippen LogP contribution in [-0.4, -0.2) is 42.5 Å². The van der Waals surface area contributed by atoms with Gasteiger partial charge >= 0.3 is 6.09 Å². The number of carbonyl (C=O) groups is 3. The van der Waals surface area contributed by atoms with Gasteiger partial charge in [-0.1, -0.05) is 30.0 Å². The molecule has 0 unspecified atom stereocenters. The first-order valence-corrected chi connectivity index (χ1v) is 11.3. The van der Waals surface area contributed by atoms with E-state index in [4.69, 9.17) is 9.47 Å². The lowest BCUT2D eigenvalue weighted by Crippen LogP contribution is -2.34. The second-order valence-corrected chi connectivity index (χ2v) is 8.18. The van der Waals surface area contributed by atoms with Crippen LogP contribution in [0.4, 0.5) is 10.5 Å². The van der Waals surface area contributed by atoms with Crippen LogP contribution in [0.15, 0.2) is 53.2 Å². The van der Waals surface area contributed by atoms with E-state index in [1.165, 1.54) is 4.90 Å². The highest BCUT2D eigenvalue weighted by Gasteiger charge is 2.32. The molecule has 0 bridgehead atoms. The number of methoxy groups -OCH3 is 1. The lowest BCUT2D eigenvalue weighted by molar-refractivity contribution is -0.118. The van der Waals surface area contributed by atoms with Gasteiger partial charge in [-0.3, -0.25) is 19.8 Å². The summed E-state index contributed by atoms with van der Waals surface area (Å²) in [6, 6.07) is 13.0. The van der Waals surface area contributed by atoms with Gasteiger partial charge in [-0.15, -0.1) is 0 Å². The highest BCUT2D eigenvalue weighted by atomic mass is 32.2. The van der Waals surface area contributed by atoms with Crippen LogP contribution >= 0.6 is 11.8 Å². The average Bonchev–Trinajstić information content (AvgIpc) is 3.07. The number of aliphatic imine (C=N–C) groups is 1. The summed E-state index contributed by atoms with van der Waals surface area (Å²) in [7, 11) is 1.58. The summed E-state index contributed by atoms with van der Waals surface area (Å²) >= 11 is 1.07. The second-order valence-electron chi connectivity index (χ2n) is 7.24. The molecule has 0 radical (unpaired) electrons.